The van der Waals surface area contributed by atoms with Crippen LogP contribution in [0.3, 0.4) is 0 Å². The van der Waals surface area contributed by atoms with Gasteiger partial charge in [0.05, 0.1) is 12.7 Å². The van der Waals surface area contributed by atoms with Crippen molar-refractivity contribution in [1.82, 2.24) is 0 Å². The van der Waals surface area contributed by atoms with Crippen LogP contribution < -0.4 is 10.1 Å². The van der Waals surface area contributed by atoms with Gasteiger partial charge < -0.3 is 10.1 Å². The Kier molecular flexibility index (Phi) is 6.21. The molecule has 1 N–H and O–H groups in total. The number of carbonyl (C=O) groups excluding carboxylic acids is 2. The van der Waals surface area contributed by atoms with Gasteiger partial charge in [-0.3, -0.25) is 9.59 Å². The van der Waals surface area contributed by atoms with E-state index in [4.69, 9.17) is 16.3 Å². The first-order chi connectivity index (χ1) is 11.8. The molecule has 4 nitrogen and oxygen atoms in total. The normalized spacial score (nSPS) is 10.4. The molecule has 0 saturated heterocycles. The molecule has 2 rings (SSSR count). The molecule has 1 amide bonds. The number of amides is 1. The quantitative estimate of drug-likeness (QED) is 0.748. The van der Waals surface area contributed by atoms with Gasteiger partial charge in [-0.1, -0.05) is 29.3 Å². The minimum atomic E-state index is -0.190. The number of ketones is 1. The van der Waals surface area contributed by atoms with Gasteiger partial charge in [0.15, 0.2) is 5.78 Å². The number of hydrogen-bond donors (Lipinski definition) is 1. The van der Waals surface area contributed by atoms with Crippen LogP contribution in [0.4, 0.5) is 5.69 Å². The lowest BCUT2D eigenvalue weighted by Gasteiger charge is -2.13. The third kappa shape index (κ3) is 4.83. The Hall–Kier alpha value is -2.33. The summed E-state index contributed by atoms with van der Waals surface area (Å²) in [5.74, 6) is 0.0938. The Labute approximate surface area is 153 Å². The van der Waals surface area contributed by atoms with Gasteiger partial charge >= 0.3 is 0 Å². The highest BCUT2D eigenvalue weighted by Gasteiger charge is 2.15. The molecule has 0 aliphatic rings. The molecule has 0 bridgehead atoms. The molecule has 0 heterocycles. The van der Waals surface area contributed by atoms with Gasteiger partial charge in [0.1, 0.15) is 5.75 Å². The van der Waals surface area contributed by atoms with E-state index in [1.807, 2.05) is 32.9 Å². The van der Waals surface area contributed by atoms with Gasteiger partial charge in [-0.05, 0) is 50.1 Å². The maximum atomic E-state index is 12.4. The molecule has 0 saturated carbocycles. The minimum absolute atomic E-state index is 0.0898. The highest BCUT2D eigenvalue weighted by Crippen LogP contribution is 2.25. The molecule has 0 atom stereocenters. The molecule has 0 aliphatic carbocycles. The van der Waals surface area contributed by atoms with E-state index in [-0.39, 0.29) is 24.5 Å². The number of hydrogen-bond acceptors (Lipinski definition) is 3. The van der Waals surface area contributed by atoms with Crippen LogP contribution in [0, 0.1) is 20.8 Å². The zero-order valence-electron chi connectivity index (χ0n) is 14.9. The predicted molar refractivity (Wildman–Crippen MR) is 101 cm³/mol. The van der Waals surface area contributed by atoms with E-state index in [2.05, 4.69) is 5.32 Å². The lowest BCUT2D eigenvalue weighted by Crippen LogP contribution is -2.15. The van der Waals surface area contributed by atoms with Crippen molar-refractivity contribution in [2.45, 2.75) is 33.6 Å². The Morgan fingerprint density at radius 3 is 2.28 bits per heavy atom. The summed E-state index contributed by atoms with van der Waals surface area (Å²) in [5.41, 5.74) is 4.37. The summed E-state index contributed by atoms with van der Waals surface area (Å²) in [6, 6.07) is 8.91. The average molecular weight is 360 g/mol. The smallest absolute Gasteiger partial charge is 0.224 e. The third-order valence-corrected chi connectivity index (χ3v) is 4.22. The van der Waals surface area contributed by atoms with Crippen molar-refractivity contribution in [3.05, 3.63) is 57.6 Å². The number of rotatable bonds is 6. The SMILES string of the molecule is COc1ccc(Cl)cc1C(=O)CCC(=O)Nc1c(C)cc(C)cc1C. The Balaban J connectivity index is 2.03. The van der Waals surface area contributed by atoms with Gasteiger partial charge in [0.2, 0.25) is 5.91 Å². The van der Waals surface area contributed by atoms with Crippen molar-refractivity contribution >= 4 is 29.0 Å². The molecule has 2 aromatic rings. The summed E-state index contributed by atoms with van der Waals surface area (Å²) in [5, 5.41) is 3.36. The van der Waals surface area contributed by atoms with Crippen molar-refractivity contribution < 1.29 is 14.3 Å². The van der Waals surface area contributed by atoms with Crippen LogP contribution in [0.25, 0.3) is 0 Å². The second-order valence-corrected chi connectivity index (χ2v) is 6.53. The van der Waals surface area contributed by atoms with E-state index < -0.39 is 0 Å². The van der Waals surface area contributed by atoms with Gasteiger partial charge in [0.25, 0.3) is 0 Å². The van der Waals surface area contributed by atoms with Crippen LogP contribution in [0.2, 0.25) is 5.02 Å². The molecule has 0 aromatic heterocycles. The highest BCUT2D eigenvalue weighted by atomic mass is 35.5. The first-order valence-electron chi connectivity index (χ1n) is 8.06. The molecule has 132 valence electrons. The number of halogens is 1. The van der Waals surface area contributed by atoms with Crippen LogP contribution in [0.5, 0.6) is 5.75 Å². The number of ether oxygens (including phenoxy) is 1. The first kappa shape index (κ1) is 19.0. The molecule has 0 spiro atoms. The van der Waals surface area contributed by atoms with E-state index in [1.54, 1.807) is 18.2 Å². The largest absolute Gasteiger partial charge is 0.496 e. The van der Waals surface area contributed by atoms with Gasteiger partial charge in [-0.15, -0.1) is 0 Å². The summed E-state index contributed by atoms with van der Waals surface area (Å²) < 4.78 is 5.19. The van der Waals surface area contributed by atoms with Crippen LogP contribution in [0.1, 0.15) is 39.9 Å². The lowest BCUT2D eigenvalue weighted by molar-refractivity contribution is -0.116. The number of aryl methyl sites for hydroxylation is 3. The van der Waals surface area contributed by atoms with Crippen LogP contribution >= 0.6 is 11.6 Å². The fourth-order valence-corrected chi connectivity index (χ4v) is 3.01. The fraction of sp³-hybridized carbons (Fsp3) is 0.300. The standard InChI is InChI=1S/C20H22ClNO3/c1-12-9-13(2)20(14(3)10-12)22-19(24)8-6-17(23)16-11-15(21)5-7-18(16)25-4/h5,7,9-11H,6,8H2,1-4H3,(H,22,24). The molecule has 0 radical (unpaired) electrons. The van der Waals surface area contributed by atoms with E-state index in [0.717, 1.165) is 22.4 Å². The molecule has 0 unspecified atom stereocenters. The number of benzene rings is 2. The second-order valence-electron chi connectivity index (χ2n) is 6.09. The summed E-state index contributed by atoms with van der Waals surface area (Å²) in [6.07, 6.45) is 0.188. The van der Waals surface area contributed by atoms with Gasteiger partial charge in [-0.25, -0.2) is 0 Å². The number of nitrogens with one attached hydrogen (secondary N) is 1. The van der Waals surface area contributed by atoms with E-state index >= 15 is 0 Å². The predicted octanol–water partition coefficient (Wildman–Crippen LogP) is 4.88. The maximum absolute atomic E-state index is 12.4. The summed E-state index contributed by atoms with van der Waals surface area (Å²) in [6.45, 7) is 5.93. The average Bonchev–Trinajstić information content (AvgIpc) is 2.55. The molecule has 0 fully saturated rings. The zero-order chi connectivity index (χ0) is 18.6. The fourth-order valence-electron chi connectivity index (χ4n) is 2.84. The van der Waals surface area contributed by atoms with Crippen LogP contribution in [-0.4, -0.2) is 18.8 Å². The maximum Gasteiger partial charge on any atom is 0.224 e. The second kappa shape index (κ2) is 8.17. The van der Waals surface area contributed by atoms with Crippen molar-refractivity contribution in [2.24, 2.45) is 0 Å². The summed E-state index contributed by atoms with van der Waals surface area (Å²) >= 11 is 5.95. The molecular formula is C20H22ClNO3. The molecule has 2 aromatic carbocycles. The molecular weight excluding hydrogens is 338 g/mol. The Bertz CT molecular complexity index is 792. The third-order valence-electron chi connectivity index (χ3n) is 3.98. The van der Waals surface area contributed by atoms with Gasteiger partial charge in [-0.2, -0.15) is 0 Å². The number of carbonyl (C=O) groups is 2. The topological polar surface area (TPSA) is 55.4 Å². The number of methoxy groups -OCH3 is 1. The molecule has 25 heavy (non-hydrogen) atoms. The van der Waals surface area contributed by atoms with Crippen LogP contribution in [0.15, 0.2) is 30.3 Å². The first-order valence-corrected chi connectivity index (χ1v) is 8.44. The molecule has 5 heteroatoms. The minimum Gasteiger partial charge on any atom is -0.496 e. The Morgan fingerprint density at radius 2 is 1.68 bits per heavy atom. The van der Waals surface area contributed by atoms with E-state index in [9.17, 15) is 9.59 Å². The van der Waals surface area contributed by atoms with Crippen LogP contribution in [-0.2, 0) is 4.79 Å². The summed E-state index contributed by atoms with van der Waals surface area (Å²) in [4.78, 5) is 24.6. The Morgan fingerprint density at radius 1 is 1.04 bits per heavy atom. The lowest BCUT2D eigenvalue weighted by atomic mass is 10.0. The van der Waals surface area contributed by atoms with E-state index in [0.29, 0.717) is 16.3 Å². The number of Topliss-reactive ketones (excluding diaryl/α,β-unsaturated/α-hetero) is 1. The monoisotopic (exact) mass is 359 g/mol. The van der Waals surface area contributed by atoms with E-state index in [1.165, 1.54) is 7.11 Å². The zero-order valence-corrected chi connectivity index (χ0v) is 15.7. The highest BCUT2D eigenvalue weighted by molar-refractivity contribution is 6.31. The molecule has 0 aliphatic heterocycles. The van der Waals surface area contributed by atoms with Crippen molar-refractivity contribution in [3.63, 3.8) is 0 Å². The van der Waals surface area contributed by atoms with Crippen molar-refractivity contribution in [1.29, 1.82) is 0 Å². The van der Waals surface area contributed by atoms with Gasteiger partial charge in [0, 0.05) is 23.6 Å². The van der Waals surface area contributed by atoms with Crippen molar-refractivity contribution in [2.75, 3.05) is 12.4 Å². The number of anilines is 1. The van der Waals surface area contributed by atoms with Crippen molar-refractivity contribution in [3.8, 4) is 5.75 Å². The summed E-state index contributed by atoms with van der Waals surface area (Å²) in [7, 11) is 1.50.